The number of aliphatic carboxylic acids is 1. The third-order valence-electron chi connectivity index (χ3n) is 3.55. The van der Waals surface area contributed by atoms with E-state index in [1.807, 2.05) is 43.3 Å². The summed E-state index contributed by atoms with van der Waals surface area (Å²) >= 11 is 3.40. The maximum absolute atomic E-state index is 12.1. The number of carbonyl (C=O) groups is 2. The first kappa shape index (κ1) is 17.2. The van der Waals surface area contributed by atoms with Gasteiger partial charge in [-0.2, -0.15) is 0 Å². The zero-order valence-corrected chi connectivity index (χ0v) is 14.3. The molecule has 0 radical (unpaired) electrons. The Morgan fingerprint density at radius 1 is 1.17 bits per heavy atom. The predicted molar refractivity (Wildman–Crippen MR) is 90.8 cm³/mol. The number of nitrogens with one attached hydrogen (secondary N) is 1. The third-order valence-corrected chi connectivity index (χ3v) is 4.40. The van der Waals surface area contributed by atoms with Gasteiger partial charge in [-0.3, -0.25) is 4.79 Å². The van der Waals surface area contributed by atoms with E-state index < -0.39 is 11.9 Å². The van der Waals surface area contributed by atoms with Crippen LogP contribution in [-0.4, -0.2) is 11.9 Å². The molecule has 0 saturated carbocycles. The van der Waals surface area contributed by atoms with Crippen molar-refractivity contribution in [3.05, 3.63) is 64.1 Å². The monoisotopic (exact) mass is 374 g/mol. The maximum atomic E-state index is 12.1. The molecule has 0 aliphatic rings. The average molecular weight is 375 g/mol. The maximum Gasteiger partial charge on any atom is 0.225 e. The summed E-state index contributed by atoms with van der Waals surface area (Å²) in [5.41, 5.74) is 2.55. The zero-order chi connectivity index (χ0) is 16.8. The first-order valence-electron chi connectivity index (χ1n) is 7.26. The van der Waals surface area contributed by atoms with Gasteiger partial charge in [0, 0.05) is 28.5 Å². The van der Waals surface area contributed by atoms with Gasteiger partial charge >= 0.3 is 0 Å². The van der Waals surface area contributed by atoms with Gasteiger partial charge in [0.2, 0.25) is 5.91 Å². The summed E-state index contributed by atoms with van der Waals surface area (Å²) < 4.78 is 0.885. The molecular weight excluding hydrogens is 358 g/mol. The van der Waals surface area contributed by atoms with Crippen molar-refractivity contribution in [3.63, 3.8) is 0 Å². The second-order valence-electron chi connectivity index (χ2n) is 5.42. The Kier molecular flexibility index (Phi) is 5.93. The lowest BCUT2D eigenvalue weighted by atomic mass is 9.96. The average Bonchev–Trinajstić information content (AvgIpc) is 2.51. The second kappa shape index (κ2) is 7.92. The van der Waals surface area contributed by atoms with Gasteiger partial charge in [0.15, 0.2) is 0 Å². The molecule has 120 valence electrons. The summed E-state index contributed by atoms with van der Waals surface area (Å²) in [6, 6.07) is 14.7. The number of halogens is 1. The molecule has 0 aromatic heterocycles. The van der Waals surface area contributed by atoms with Gasteiger partial charge < -0.3 is 15.2 Å². The van der Waals surface area contributed by atoms with Crippen LogP contribution in [0.2, 0.25) is 0 Å². The van der Waals surface area contributed by atoms with Crippen molar-refractivity contribution in [1.29, 1.82) is 0 Å². The van der Waals surface area contributed by atoms with E-state index in [-0.39, 0.29) is 18.7 Å². The minimum atomic E-state index is -1.21. The number of aryl methyl sites for hydroxylation is 1. The zero-order valence-electron chi connectivity index (χ0n) is 12.7. The van der Waals surface area contributed by atoms with Crippen LogP contribution in [0.4, 0.5) is 5.69 Å². The van der Waals surface area contributed by atoms with E-state index in [0.717, 1.165) is 15.6 Å². The number of benzene rings is 2. The molecule has 1 N–H and O–H groups in total. The molecule has 0 spiro atoms. The van der Waals surface area contributed by atoms with E-state index in [1.165, 1.54) is 0 Å². The molecule has 4 nitrogen and oxygen atoms in total. The largest absolute Gasteiger partial charge is 0.550 e. The van der Waals surface area contributed by atoms with Crippen LogP contribution in [0.25, 0.3) is 0 Å². The van der Waals surface area contributed by atoms with Gasteiger partial charge in [-0.25, -0.2) is 0 Å². The summed E-state index contributed by atoms with van der Waals surface area (Å²) in [6.07, 6.45) is 0.150. The molecule has 0 aliphatic heterocycles. The molecule has 0 bridgehead atoms. The summed E-state index contributed by atoms with van der Waals surface area (Å²) in [4.78, 5) is 23.4. The Morgan fingerprint density at radius 2 is 1.87 bits per heavy atom. The number of amides is 1. The molecule has 2 rings (SSSR count). The van der Waals surface area contributed by atoms with Gasteiger partial charge in [-0.15, -0.1) is 0 Å². The van der Waals surface area contributed by atoms with Gasteiger partial charge in [0.05, 0.1) is 0 Å². The third kappa shape index (κ3) is 5.21. The highest BCUT2D eigenvalue weighted by Crippen LogP contribution is 2.21. The Balaban J connectivity index is 2.00. The summed E-state index contributed by atoms with van der Waals surface area (Å²) in [5, 5.41) is 14.0. The van der Waals surface area contributed by atoms with Crippen LogP contribution >= 0.6 is 15.9 Å². The van der Waals surface area contributed by atoms with Crippen LogP contribution in [-0.2, 0) is 16.0 Å². The minimum absolute atomic E-state index is 0.122. The number of anilines is 1. The number of hydrogen-bond donors (Lipinski definition) is 1. The minimum Gasteiger partial charge on any atom is -0.550 e. The van der Waals surface area contributed by atoms with Gasteiger partial charge in [-0.05, 0) is 36.6 Å². The van der Waals surface area contributed by atoms with E-state index in [0.29, 0.717) is 5.69 Å². The molecule has 0 unspecified atom stereocenters. The second-order valence-corrected chi connectivity index (χ2v) is 6.28. The van der Waals surface area contributed by atoms with Crippen LogP contribution in [0.15, 0.2) is 53.0 Å². The lowest BCUT2D eigenvalue weighted by molar-refractivity contribution is -0.311. The van der Waals surface area contributed by atoms with Crippen LogP contribution in [0.5, 0.6) is 0 Å². The van der Waals surface area contributed by atoms with Crippen molar-refractivity contribution in [3.8, 4) is 0 Å². The van der Waals surface area contributed by atoms with Crippen molar-refractivity contribution < 1.29 is 14.7 Å². The molecule has 0 fully saturated rings. The van der Waals surface area contributed by atoms with Crippen molar-refractivity contribution in [2.75, 3.05) is 5.32 Å². The normalized spacial score (nSPS) is 11.7. The number of carboxylic acid groups (broad SMARTS) is 1. The molecule has 0 heterocycles. The summed E-state index contributed by atoms with van der Waals surface area (Å²) in [5.74, 6) is -2.41. The fraction of sp³-hybridized carbons (Fsp3) is 0.222. The van der Waals surface area contributed by atoms with Crippen molar-refractivity contribution in [2.24, 2.45) is 5.92 Å². The Morgan fingerprint density at radius 3 is 2.48 bits per heavy atom. The van der Waals surface area contributed by atoms with E-state index in [1.54, 1.807) is 12.1 Å². The van der Waals surface area contributed by atoms with Crippen LogP contribution in [0.3, 0.4) is 0 Å². The SMILES string of the molecule is Cc1ccc(NC(=O)C[C@@H](Cc2ccccc2)C(=O)[O-])cc1Br. The van der Waals surface area contributed by atoms with Gasteiger partial charge in [0.1, 0.15) is 0 Å². The number of carbonyl (C=O) groups excluding carboxylic acids is 2. The molecule has 0 aliphatic carbocycles. The van der Waals surface area contributed by atoms with Crippen molar-refractivity contribution in [1.82, 2.24) is 0 Å². The first-order valence-corrected chi connectivity index (χ1v) is 8.06. The number of carboxylic acids is 1. The standard InChI is InChI=1S/C18H18BrNO3/c1-12-7-8-15(11-16(12)19)20-17(21)10-14(18(22)23)9-13-5-3-2-4-6-13/h2-8,11,14H,9-10H2,1H3,(H,20,21)(H,22,23)/p-1/t14-/m1/s1. The molecular formula is C18H17BrNO3-. The number of hydrogen-bond acceptors (Lipinski definition) is 3. The Hall–Kier alpha value is -2.14. The number of rotatable bonds is 6. The highest BCUT2D eigenvalue weighted by molar-refractivity contribution is 9.10. The molecule has 2 aromatic rings. The fourth-order valence-corrected chi connectivity index (χ4v) is 2.62. The molecule has 1 atom stereocenters. The fourth-order valence-electron chi connectivity index (χ4n) is 2.24. The van der Waals surface area contributed by atoms with Crippen LogP contribution in [0.1, 0.15) is 17.5 Å². The van der Waals surface area contributed by atoms with Crippen molar-refractivity contribution >= 4 is 33.5 Å². The molecule has 5 heteroatoms. The van der Waals surface area contributed by atoms with Crippen LogP contribution in [0, 0.1) is 12.8 Å². The Bertz CT molecular complexity index is 701. The smallest absolute Gasteiger partial charge is 0.225 e. The van der Waals surface area contributed by atoms with Crippen molar-refractivity contribution in [2.45, 2.75) is 19.8 Å². The van der Waals surface area contributed by atoms with E-state index in [9.17, 15) is 14.7 Å². The molecule has 0 saturated heterocycles. The Labute approximate surface area is 143 Å². The lowest BCUT2D eigenvalue weighted by Gasteiger charge is -2.18. The van der Waals surface area contributed by atoms with Gasteiger partial charge in [0.25, 0.3) is 0 Å². The first-order chi connectivity index (χ1) is 11.0. The van der Waals surface area contributed by atoms with Gasteiger partial charge in [-0.1, -0.05) is 52.3 Å². The molecule has 1 amide bonds. The topological polar surface area (TPSA) is 69.2 Å². The predicted octanol–water partition coefficient (Wildman–Crippen LogP) is 2.69. The summed E-state index contributed by atoms with van der Waals surface area (Å²) in [7, 11) is 0. The molecule has 2 aromatic carbocycles. The lowest BCUT2D eigenvalue weighted by Crippen LogP contribution is -2.35. The van der Waals surface area contributed by atoms with Crippen LogP contribution < -0.4 is 10.4 Å². The molecule has 23 heavy (non-hydrogen) atoms. The highest BCUT2D eigenvalue weighted by Gasteiger charge is 2.16. The van der Waals surface area contributed by atoms with E-state index >= 15 is 0 Å². The van der Waals surface area contributed by atoms with E-state index in [2.05, 4.69) is 21.2 Å². The van der Waals surface area contributed by atoms with E-state index in [4.69, 9.17) is 0 Å². The summed E-state index contributed by atoms with van der Waals surface area (Å²) in [6.45, 7) is 1.95. The highest BCUT2D eigenvalue weighted by atomic mass is 79.9. The quantitative estimate of drug-likeness (QED) is 0.844.